The number of ether oxygens (including phenoxy) is 1. The molecule has 0 radical (unpaired) electrons. The van der Waals surface area contributed by atoms with Crippen LogP contribution in [-0.2, 0) is 14.9 Å². The number of aliphatic hydroxyl groups is 1. The van der Waals surface area contributed by atoms with Crippen molar-refractivity contribution >= 4 is 5.97 Å². The first-order chi connectivity index (χ1) is 12.1. The van der Waals surface area contributed by atoms with Crippen LogP contribution < -0.4 is 0 Å². The normalized spacial score (nSPS) is 26.4. The van der Waals surface area contributed by atoms with Crippen LogP contribution in [0.3, 0.4) is 0 Å². The summed E-state index contributed by atoms with van der Waals surface area (Å²) in [6.45, 7) is 12.4. The summed E-state index contributed by atoms with van der Waals surface area (Å²) in [5.74, 6) is 0.126. The first kappa shape index (κ1) is 21.0. The van der Waals surface area contributed by atoms with Crippen molar-refractivity contribution in [1.29, 1.82) is 0 Å². The topological polar surface area (TPSA) is 46.5 Å². The number of esters is 1. The standard InChI is InChI=1S/C23H36O3/c1-15(2)21(24)17(4)22(25)26-20-14-16(3)12-13-19(20)23(5,6)18-10-8-7-9-11-18/h7-11,15-17,19-21,24H,12-14H2,1-6H3/t16-,17+,19-,20-,21+/m1/s1. The molecule has 1 N–H and O–H groups in total. The number of aliphatic hydroxyl groups excluding tert-OH is 1. The van der Waals surface area contributed by atoms with Gasteiger partial charge >= 0.3 is 5.97 Å². The molecule has 146 valence electrons. The van der Waals surface area contributed by atoms with E-state index in [0.29, 0.717) is 5.92 Å². The average molecular weight is 361 g/mol. The fourth-order valence-electron chi connectivity index (χ4n) is 4.34. The van der Waals surface area contributed by atoms with Gasteiger partial charge in [-0.1, -0.05) is 71.4 Å². The van der Waals surface area contributed by atoms with E-state index in [9.17, 15) is 9.90 Å². The molecule has 1 fully saturated rings. The second kappa shape index (κ2) is 8.56. The monoisotopic (exact) mass is 360 g/mol. The fraction of sp³-hybridized carbons (Fsp3) is 0.696. The van der Waals surface area contributed by atoms with E-state index >= 15 is 0 Å². The van der Waals surface area contributed by atoms with Crippen molar-refractivity contribution in [3.8, 4) is 0 Å². The molecular formula is C23H36O3. The van der Waals surface area contributed by atoms with Crippen molar-refractivity contribution in [2.24, 2.45) is 23.7 Å². The Morgan fingerprint density at radius 3 is 2.35 bits per heavy atom. The van der Waals surface area contributed by atoms with Gasteiger partial charge in [-0.15, -0.1) is 0 Å². The summed E-state index contributed by atoms with van der Waals surface area (Å²) in [4.78, 5) is 12.7. The minimum Gasteiger partial charge on any atom is -0.462 e. The maximum Gasteiger partial charge on any atom is 0.311 e. The molecule has 0 aliphatic heterocycles. The lowest BCUT2D eigenvalue weighted by molar-refractivity contribution is -0.165. The zero-order valence-electron chi connectivity index (χ0n) is 17.2. The average Bonchev–Trinajstić information content (AvgIpc) is 2.60. The first-order valence-electron chi connectivity index (χ1n) is 10.1. The lowest BCUT2D eigenvalue weighted by atomic mass is 9.64. The number of hydrogen-bond donors (Lipinski definition) is 1. The highest BCUT2D eigenvalue weighted by molar-refractivity contribution is 5.73. The molecule has 0 amide bonds. The van der Waals surface area contributed by atoms with E-state index in [1.807, 2.05) is 19.9 Å². The molecule has 1 aliphatic rings. The molecule has 5 atom stereocenters. The smallest absolute Gasteiger partial charge is 0.311 e. The molecule has 0 aromatic heterocycles. The van der Waals surface area contributed by atoms with Crippen molar-refractivity contribution < 1.29 is 14.6 Å². The molecule has 1 aliphatic carbocycles. The molecule has 0 heterocycles. The SMILES string of the molecule is CC(C)[C@H](O)[C@H](C)C(=O)O[C@@H]1C[C@H](C)CC[C@H]1C(C)(C)c1ccccc1. The molecule has 1 aromatic rings. The third-order valence-corrected chi connectivity index (χ3v) is 6.33. The van der Waals surface area contributed by atoms with Gasteiger partial charge in [-0.25, -0.2) is 0 Å². The van der Waals surface area contributed by atoms with Gasteiger partial charge in [0.2, 0.25) is 0 Å². The number of benzene rings is 1. The van der Waals surface area contributed by atoms with Crippen LogP contribution in [0.4, 0.5) is 0 Å². The van der Waals surface area contributed by atoms with Gasteiger partial charge in [0.1, 0.15) is 6.10 Å². The van der Waals surface area contributed by atoms with E-state index in [1.54, 1.807) is 6.92 Å². The van der Waals surface area contributed by atoms with Crippen LogP contribution in [0.2, 0.25) is 0 Å². The Morgan fingerprint density at radius 2 is 1.77 bits per heavy atom. The van der Waals surface area contributed by atoms with Gasteiger partial charge in [-0.05, 0) is 42.6 Å². The van der Waals surface area contributed by atoms with E-state index in [4.69, 9.17) is 4.74 Å². The largest absolute Gasteiger partial charge is 0.462 e. The fourth-order valence-corrected chi connectivity index (χ4v) is 4.34. The maximum absolute atomic E-state index is 12.7. The lowest BCUT2D eigenvalue weighted by Crippen LogP contribution is -2.45. The van der Waals surface area contributed by atoms with E-state index in [0.717, 1.165) is 12.8 Å². The molecular weight excluding hydrogens is 324 g/mol. The quantitative estimate of drug-likeness (QED) is 0.729. The number of rotatable bonds is 6. The van der Waals surface area contributed by atoms with Crippen LogP contribution in [0.5, 0.6) is 0 Å². The van der Waals surface area contributed by atoms with E-state index in [1.165, 1.54) is 12.0 Å². The van der Waals surface area contributed by atoms with Crippen LogP contribution >= 0.6 is 0 Å². The number of carbonyl (C=O) groups is 1. The predicted molar refractivity (Wildman–Crippen MR) is 106 cm³/mol. The van der Waals surface area contributed by atoms with Gasteiger partial charge in [0.15, 0.2) is 0 Å². The third kappa shape index (κ3) is 4.68. The van der Waals surface area contributed by atoms with Crippen LogP contribution in [0.25, 0.3) is 0 Å². The zero-order chi connectivity index (χ0) is 19.5. The van der Waals surface area contributed by atoms with Gasteiger partial charge in [0, 0.05) is 5.92 Å². The third-order valence-electron chi connectivity index (χ3n) is 6.33. The molecule has 26 heavy (non-hydrogen) atoms. The second-order valence-electron chi connectivity index (χ2n) is 9.11. The van der Waals surface area contributed by atoms with Crippen LogP contribution in [0.15, 0.2) is 30.3 Å². The Kier molecular flexibility index (Phi) is 6.90. The van der Waals surface area contributed by atoms with Gasteiger partial charge in [0.25, 0.3) is 0 Å². The maximum atomic E-state index is 12.7. The molecule has 1 aromatic carbocycles. The van der Waals surface area contributed by atoms with Crippen molar-refractivity contribution in [3.63, 3.8) is 0 Å². The van der Waals surface area contributed by atoms with Gasteiger partial charge in [-0.2, -0.15) is 0 Å². The molecule has 2 rings (SSSR count). The highest BCUT2D eigenvalue weighted by atomic mass is 16.5. The summed E-state index contributed by atoms with van der Waals surface area (Å²) >= 11 is 0. The molecule has 0 saturated heterocycles. The molecule has 3 heteroatoms. The van der Waals surface area contributed by atoms with Crippen LogP contribution in [-0.4, -0.2) is 23.3 Å². The van der Waals surface area contributed by atoms with Crippen molar-refractivity contribution in [2.75, 3.05) is 0 Å². The minimum atomic E-state index is -0.663. The summed E-state index contributed by atoms with van der Waals surface area (Å²) < 4.78 is 6.02. The van der Waals surface area contributed by atoms with Gasteiger partial charge < -0.3 is 9.84 Å². The Hall–Kier alpha value is -1.35. The summed E-state index contributed by atoms with van der Waals surface area (Å²) in [7, 11) is 0. The lowest BCUT2D eigenvalue weighted by Gasteiger charge is -2.44. The van der Waals surface area contributed by atoms with E-state index < -0.39 is 12.0 Å². The van der Waals surface area contributed by atoms with Gasteiger partial charge in [0.05, 0.1) is 12.0 Å². The van der Waals surface area contributed by atoms with Crippen molar-refractivity contribution in [1.82, 2.24) is 0 Å². The highest BCUT2D eigenvalue weighted by Crippen LogP contribution is 2.43. The summed E-state index contributed by atoms with van der Waals surface area (Å²) in [6.07, 6.45) is 2.37. The second-order valence-corrected chi connectivity index (χ2v) is 9.11. The minimum absolute atomic E-state index is 0.0411. The first-order valence-corrected chi connectivity index (χ1v) is 10.1. The van der Waals surface area contributed by atoms with Gasteiger partial charge in [-0.3, -0.25) is 4.79 Å². The van der Waals surface area contributed by atoms with Crippen molar-refractivity contribution in [3.05, 3.63) is 35.9 Å². The summed E-state index contributed by atoms with van der Waals surface area (Å²) in [5, 5.41) is 10.2. The van der Waals surface area contributed by atoms with E-state index in [2.05, 4.69) is 45.0 Å². The summed E-state index contributed by atoms with van der Waals surface area (Å²) in [6, 6.07) is 10.5. The summed E-state index contributed by atoms with van der Waals surface area (Å²) in [5.41, 5.74) is 1.22. The zero-order valence-corrected chi connectivity index (χ0v) is 17.2. The number of carbonyl (C=O) groups excluding carboxylic acids is 1. The molecule has 0 unspecified atom stereocenters. The van der Waals surface area contributed by atoms with Crippen LogP contribution in [0, 0.1) is 23.7 Å². The highest BCUT2D eigenvalue weighted by Gasteiger charge is 2.42. The molecule has 3 nitrogen and oxygen atoms in total. The molecule has 0 bridgehead atoms. The number of hydrogen-bond acceptors (Lipinski definition) is 3. The Morgan fingerprint density at radius 1 is 1.15 bits per heavy atom. The Balaban J connectivity index is 2.19. The Bertz CT molecular complexity index is 578. The van der Waals surface area contributed by atoms with E-state index in [-0.39, 0.29) is 29.3 Å². The molecule has 0 spiro atoms. The predicted octanol–water partition coefficient (Wildman–Crippen LogP) is 4.97. The Labute approximate surface area is 159 Å². The molecule has 1 saturated carbocycles. The van der Waals surface area contributed by atoms with Crippen molar-refractivity contribution in [2.45, 2.75) is 78.4 Å². The van der Waals surface area contributed by atoms with Crippen LogP contribution in [0.1, 0.15) is 66.4 Å².